The molecule has 1 aliphatic heterocycles. The van der Waals surface area contributed by atoms with Gasteiger partial charge in [0.2, 0.25) is 0 Å². The second kappa shape index (κ2) is 7.66. The summed E-state index contributed by atoms with van der Waals surface area (Å²) in [5.74, 6) is 1.88. The molecule has 0 amide bonds. The highest BCUT2D eigenvalue weighted by atomic mass is 19.1. The lowest BCUT2D eigenvalue weighted by atomic mass is 10.1. The molecule has 1 saturated heterocycles. The number of ether oxygens (including phenoxy) is 1. The molecule has 0 bridgehead atoms. The Labute approximate surface area is 158 Å². The highest BCUT2D eigenvalue weighted by molar-refractivity contribution is 5.58. The lowest BCUT2D eigenvalue weighted by Gasteiger charge is -2.15. The summed E-state index contributed by atoms with van der Waals surface area (Å²) in [6.07, 6.45) is 3.12. The van der Waals surface area contributed by atoms with E-state index < -0.39 is 0 Å². The second-order valence-corrected chi connectivity index (χ2v) is 7.18. The van der Waals surface area contributed by atoms with Crippen LogP contribution in [0.5, 0.6) is 0 Å². The number of rotatable bonds is 6. The fourth-order valence-electron chi connectivity index (χ4n) is 3.71. The van der Waals surface area contributed by atoms with Crippen molar-refractivity contribution in [3.8, 4) is 17.1 Å². The Balaban J connectivity index is 1.64. The zero-order valence-electron chi connectivity index (χ0n) is 15.7. The Morgan fingerprint density at radius 1 is 1.30 bits per heavy atom. The van der Waals surface area contributed by atoms with E-state index in [4.69, 9.17) is 14.3 Å². The molecular weight excluding hydrogens is 345 g/mol. The largest absolute Gasteiger partial charge is 0.460 e. The van der Waals surface area contributed by atoms with Crippen molar-refractivity contribution in [2.75, 3.05) is 26.8 Å². The van der Waals surface area contributed by atoms with Crippen LogP contribution in [0.3, 0.4) is 0 Å². The Morgan fingerprint density at radius 3 is 2.93 bits per heavy atom. The number of nitrogens with zero attached hydrogens (tertiary/aromatic N) is 3. The molecule has 0 N–H and O–H groups in total. The molecule has 2 aromatic heterocycles. The molecule has 1 aliphatic rings. The molecule has 3 aromatic rings. The fraction of sp³-hybridized carbons (Fsp3) is 0.381. The number of furan rings is 1. The Morgan fingerprint density at radius 2 is 2.19 bits per heavy atom. The summed E-state index contributed by atoms with van der Waals surface area (Å²) in [4.78, 5) is 2.41. The summed E-state index contributed by atoms with van der Waals surface area (Å²) in [5.41, 5.74) is 2.58. The van der Waals surface area contributed by atoms with Gasteiger partial charge >= 0.3 is 0 Å². The van der Waals surface area contributed by atoms with Gasteiger partial charge in [0.25, 0.3) is 0 Å². The van der Waals surface area contributed by atoms with Crippen molar-refractivity contribution in [2.45, 2.75) is 19.9 Å². The van der Waals surface area contributed by atoms with Crippen LogP contribution in [0, 0.1) is 18.7 Å². The molecule has 0 aliphatic carbocycles. The molecule has 6 heteroatoms. The van der Waals surface area contributed by atoms with Gasteiger partial charge in [-0.2, -0.15) is 5.10 Å². The summed E-state index contributed by atoms with van der Waals surface area (Å²) in [6.45, 7) is 5.54. The summed E-state index contributed by atoms with van der Waals surface area (Å²) in [7, 11) is 1.75. The lowest BCUT2D eigenvalue weighted by molar-refractivity contribution is 0.152. The summed E-state index contributed by atoms with van der Waals surface area (Å²) in [5, 5.41) is 4.71. The summed E-state index contributed by atoms with van der Waals surface area (Å²) < 4.78 is 26.5. The molecule has 142 valence electrons. The first-order chi connectivity index (χ1) is 13.1. The maximum absolute atomic E-state index is 13.6. The normalized spacial score (nSPS) is 17.7. The van der Waals surface area contributed by atoms with Gasteiger partial charge in [0, 0.05) is 32.0 Å². The van der Waals surface area contributed by atoms with Crippen molar-refractivity contribution in [3.63, 3.8) is 0 Å². The Bertz CT molecular complexity index is 918. The summed E-state index contributed by atoms with van der Waals surface area (Å²) >= 11 is 0. The molecule has 3 heterocycles. The van der Waals surface area contributed by atoms with Crippen molar-refractivity contribution >= 4 is 0 Å². The van der Waals surface area contributed by atoms with Gasteiger partial charge in [-0.05, 0) is 56.1 Å². The zero-order chi connectivity index (χ0) is 18.8. The van der Waals surface area contributed by atoms with Crippen LogP contribution in [0.2, 0.25) is 0 Å². The van der Waals surface area contributed by atoms with E-state index in [0.717, 1.165) is 55.4 Å². The number of hydrogen-bond acceptors (Lipinski definition) is 4. The number of methoxy groups -OCH3 is 1. The molecule has 27 heavy (non-hydrogen) atoms. The van der Waals surface area contributed by atoms with Gasteiger partial charge in [-0.1, -0.05) is 6.07 Å². The third-order valence-electron chi connectivity index (χ3n) is 5.00. The van der Waals surface area contributed by atoms with Crippen LogP contribution in [-0.2, 0) is 11.3 Å². The number of halogens is 1. The standard InChI is InChI=1S/C21H24FN3O2/c1-15-6-7-20(27-15)21-17(12-24-9-8-16(11-24)14-26-2)13-25(23-21)19-5-3-4-18(22)10-19/h3-7,10,13,16H,8-9,11-12,14H2,1-2H3. The number of likely N-dealkylation sites (tertiary alicyclic amines) is 1. The van der Waals surface area contributed by atoms with Crippen molar-refractivity contribution in [1.82, 2.24) is 14.7 Å². The van der Waals surface area contributed by atoms with Crippen LogP contribution >= 0.6 is 0 Å². The van der Waals surface area contributed by atoms with Crippen LogP contribution in [0.1, 0.15) is 17.7 Å². The third kappa shape index (κ3) is 3.96. The smallest absolute Gasteiger partial charge is 0.154 e. The fourth-order valence-corrected chi connectivity index (χ4v) is 3.71. The van der Waals surface area contributed by atoms with Gasteiger partial charge in [-0.3, -0.25) is 4.90 Å². The van der Waals surface area contributed by atoms with Crippen molar-refractivity contribution in [1.29, 1.82) is 0 Å². The van der Waals surface area contributed by atoms with Crippen LogP contribution in [0.25, 0.3) is 17.1 Å². The number of aryl methyl sites for hydroxylation is 1. The van der Waals surface area contributed by atoms with Gasteiger partial charge in [0.05, 0.1) is 12.3 Å². The highest BCUT2D eigenvalue weighted by Crippen LogP contribution is 2.28. The second-order valence-electron chi connectivity index (χ2n) is 7.18. The number of benzene rings is 1. The zero-order valence-corrected chi connectivity index (χ0v) is 15.7. The quantitative estimate of drug-likeness (QED) is 0.658. The van der Waals surface area contributed by atoms with Crippen molar-refractivity contribution < 1.29 is 13.5 Å². The lowest BCUT2D eigenvalue weighted by Crippen LogP contribution is -2.21. The van der Waals surface area contributed by atoms with Gasteiger partial charge < -0.3 is 9.15 Å². The number of hydrogen-bond donors (Lipinski definition) is 0. The molecule has 5 nitrogen and oxygen atoms in total. The van der Waals surface area contributed by atoms with Crippen molar-refractivity contribution in [3.05, 3.63) is 59.7 Å². The van der Waals surface area contributed by atoms with Gasteiger partial charge in [0.1, 0.15) is 17.3 Å². The maximum Gasteiger partial charge on any atom is 0.154 e. The predicted octanol–water partition coefficient (Wildman–Crippen LogP) is 4.05. The first kappa shape index (κ1) is 17.9. The van der Waals surface area contributed by atoms with Crippen LogP contribution in [0.4, 0.5) is 4.39 Å². The molecule has 0 radical (unpaired) electrons. The first-order valence-corrected chi connectivity index (χ1v) is 9.25. The van der Waals surface area contributed by atoms with E-state index in [1.54, 1.807) is 17.9 Å². The van der Waals surface area contributed by atoms with E-state index >= 15 is 0 Å². The average molecular weight is 369 g/mol. The molecule has 0 saturated carbocycles. The van der Waals surface area contributed by atoms with Gasteiger partial charge in [0.15, 0.2) is 5.76 Å². The van der Waals surface area contributed by atoms with Crippen LogP contribution in [0.15, 0.2) is 47.0 Å². The molecule has 1 fully saturated rings. The molecule has 0 spiro atoms. The van der Waals surface area contributed by atoms with E-state index in [-0.39, 0.29) is 5.82 Å². The predicted molar refractivity (Wildman–Crippen MR) is 101 cm³/mol. The van der Waals surface area contributed by atoms with Crippen molar-refractivity contribution in [2.24, 2.45) is 5.92 Å². The Kier molecular flexibility index (Phi) is 5.09. The van der Waals surface area contributed by atoms with Crippen LogP contribution < -0.4 is 0 Å². The molecular formula is C21H24FN3O2. The van der Waals surface area contributed by atoms with E-state index in [9.17, 15) is 4.39 Å². The first-order valence-electron chi connectivity index (χ1n) is 9.25. The molecule has 1 unspecified atom stereocenters. The van der Waals surface area contributed by atoms with E-state index in [1.165, 1.54) is 12.1 Å². The van der Waals surface area contributed by atoms with Gasteiger partial charge in [-0.15, -0.1) is 0 Å². The molecule has 1 atom stereocenters. The van der Waals surface area contributed by atoms with E-state index in [1.807, 2.05) is 31.3 Å². The monoisotopic (exact) mass is 369 g/mol. The van der Waals surface area contributed by atoms with Crippen LogP contribution in [-0.4, -0.2) is 41.5 Å². The minimum atomic E-state index is -0.276. The third-order valence-corrected chi connectivity index (χ3v) is 5.00. The maximum atomic E-state index is 13.6. The molecule has 4 rings (SSSR count). The van der Waals surface area contributed by atoms with Gasteiger partial charge in [-0.25, -0.2) is 9.07 Å². The van der Waals surface area contributed by atoms with E-state index in [2.05, 4.69) is 4.90 Å². The average Bonchev–Trinajstić information content (AvgIpc) is 3.36. The highest BCUT2D eigenvalue weighted by Gasteiger charge is 2.25. The SMILES string of the molecule is COCC1CCN(Cc2cn(-c3cccc(F)c3)nc2-c2ccc(C)o2)C1. The number of aromatic nitrogens is 2. The summed E-state index contributed by atoms with van der Waals surface area (Å²) in [6, 6.07) is 10.3. The minimum Gasteiger partial charge on any atom is -0.460 e. The molecule has 1 aromatic carbocycles. The topological polar surface area (TPSA) is 43.4 Å². The minimum absolute atomic E-state index is 0.276. The van der Waals surface area contributed by atoms with E-state index in [0.29, 0.717) is 11.6 Å². The Hall–Kier alpha value is -2.44.